The zero-order valence-corrected chi connectivity index (χ0v) is 15.9. The number of amides is 1. The van der Waals surface area contributed by atoms with E-state index in [1.54, 1.807) is 0 Å². The molecular weight excluding hydrogens is 399 g/mol. The number of carbonyl (C=O) groups excluding carboxylic acids is 2. The van der Waals surface area contributed by atoms with Crippen LogP contribution in [0.2, 0.25) is 5.02 Å². The van der Waals surface area contributed by atoms with Crippen LogP contribution < -0.4 is 14.8 Å². The number of benzene rings is 2. The summed E-state index contributed by atoms with van der Waals surface area (Å²) < 4.78 is 50.1. The number of ether oxygens (including phenoxy) is 2. The Kier molecular flexibility index (Phi) is 6.56. The van der Waals surface area contributed by atoms with E-state index < -0.39 is 29.4 Å². The molecule has 0 unspecified atom stereocenters. The molecule has 0 fully saturated rings. The van der Waals surface area contributed by atoms with Gasteiger partial charge < -0.3 is 14.8 Å². The Bertz CT molecular complexity index is 899. The summed E-state index contributed by atoms with van der Waals surface area (Å²) in [6.45, 7) is 2.76. The Morgan fingerprint density at radius 3 is 2.36 bits per heavy atom. The van der Waals surface area contributed by atoms with Gasteiger partial charge in [0, 0.05) is 10.6 Å². The van der Waals surface area contributed by atoms with Gasteiger partial charge in [-0.25, -0.2) is 0 Å². The van der Waals surface area contributed by atoms with Gasteiger partial charge in [0.15, 0.2) is 23.4 Å². The number of alkyl halides is 3. The van der Waals surface area contributed by atoms with Gasteiger partial charge in [-0.3, -0.25) is 9.59 Å². The summed E-state index contributed by atoms with van der Waals surface area (Å²) in [7, 11) is 1.36. The first-order valence-electron chi connectivity index (χ1n) is 8.06. The number of nitrogens with one attached hydrogen (secondary N) is 1. The minimum absolute atomic E-state index is 0.107. The normalized spacial score (nSPS) is 12.2. The fourth-order valence-corrected chi connectivity index (χ4v) is 2.49. The Hall–Kier alpha value is -2.74. The van der Waals surface area contributed by atoms with Gasteiger partial charge in [-0.2, -0.15) is 13.2 Å². The summed E-state index contributed by atoms with van der Waals surface area (Å²) >= 11 is 5.62. The van der Waals surface area contributed by atoms with E-state index in [9.17, 15) is 22.8 Å². The largest absolute Gasteiger partial charge is 0.493 e. The number of rotatable bonds is 6. The van der Waals surface area contributed by atoms with Crippen LogP contribution in [-0.4, -0.2) is 24.9 Å². The van der Waals surface area contributed by atoms with Crippen LogP contribution >= 0.6 is 11.6 Å². The second-order valence-electron chi connectivity index (χ2n) is 5.86. The number of anilines is 1. The summed E-state index contributed by atoms with van der Waals surface area (Å²) in [6, 6.07) is 7.42. The summed E-state index contributed by atoms with van der Waals surface area (Å²) in [6.07, 6.45) is -5.84. The van der Waals surface area contributed by atoms with Crippen molar-refractivity contribution in [2.75, 3.05) is 12.4 Å². The molecule has 0 aliphatic rings. The van der Waals surface area contributed by atoms with E-state index in [0.717, 1.165) is 12.1 Å². The SMILES string of the molecule is COc1cc(C(C)=O)ccc1O[C@H](C)C(=O)Nc1ccc(Cl)cc1C(F)(F)F. The Balaban J connectivity index is 2.20. The minimum atomic E-state index is -4.69. The van der Waals surface area contributed by atoms with E-state index in [1.165, 1.54) is 45.2 Å². The highest BCUT2D eigenvalue weighted by molar-refractivity contribution is 6.30. The lowest BCUT2D eigenvalue weighted by Gasteiger charge is -2.19. The second kappa shape index (κ2) is 8.52. The molecule has 28 heavy (non-hydrogen) atoms. The van der Waals surface area contributed by atoms with Gasteiger partial charge in [-0.05, 0) is 50.2 Å². The number of hydrogen-bond acceptors (Lipinski definition) is 4. The molecule has 0 aliphatic heterocycles. The van der Waals surface area contributed by atoms with Crippen LogP contribution in [0.15, 0.2) is 36.4 Å². The molecule has 0 saturated heterocycles. The molecule has 0 bridgehead atoms. The topological polar surface area (TPSA) is 64.6 Å². The smallest absolute Gasteiger partial charge is 0.418 e. The van der Waals surface area contributed by atoms with Gasteiger partial charge >= 0.3 is 6.18 Å². The van der Waals surface area contributed by atoms with Crippen LogP contribution in [0, 0.1) is 0 Å². The summed E-state index contributed by atoms with van der Waals surface area (Å²) in [4.78, 5) is 23.8. The molecule has 150 valence electrons. The lowest BCUT2D eigenvalue weighted by atomic mass is 10.1. The lowest BCUT2D eigenvalue weighted by Crippen LogP contribution is -2.31. The third kappa shape index (κ3) is 5.16. The quantitative estimate of drug-likeness (QED) is 0.676. The molecular formula is C19H17ClF3NO4. The molecule has 2 aromatic rings. The molecule has 0 heterocycles. The molecule has 1 N–H and O–H groups in total. The van der Waals surface area contributed by atoms with Gasteiger partial charge in [0.1, 0.15) is 0 Å². The van der Waals surface area contributed by atoms with Crippen LogP contribution in [0.4, 0.5) is 18.9 Å². The van der Waals surface area contributed by atoms with E-state index in [-0.39, 0.29) is 22.3 Å². The minimum Gasteiger partial charge on any atom is -0.493 e. The predicted octanol–water partition coefficient (Wildman–Crippen LogP) is 4.98. The monoisotopic (exact) mass is 415 g/mol. The zero-order valence-electron chi connectivity index (χ0n) is 15.2. The van der Waals surface area contributed by atoms with Crippen molar-refractivity contribution in [3.8, 4) is 11.5 Å². The highest BCUT2D eigenvalue weighted by atomic mass is 35.5. The third-order valence-corrected chi connectivity index (χ3v) is 4.02. The molecule has 1 atom stereocenters. The highest BCUT2D eigenvalue weighted by Crippen LogP contribution is 2.36. The Morgan fingerprint density at radius 2 is 1.79 bits per heavy atom. The first-order chi connectivity index (χ1) is 13.0. The van der Waals surface area contributed by atoms with E-state index in [0.29, 0.717) is 5.56 Å². The second-order valence-corrected chi connectivity index (χ2v) is 6.30. The Morgan fingerprint density at radius 1 is 1.11 bits per heavy atom. The number of ketones is 1. The summed E-state index contributed by atoms with van der Waals surface area (Å²) in [5.74, 6) is -0.597. The summed E-state index contributed by atoms with van der Waals surface area (Å²) in [5, 5.41) is 2.09. The van der Waals surface area contributed by atoms with Crippen LogP contribution in [-0.2, 0) is 11.0 Å². The van der Waals surface area contributed by atoms with Crippen LogP contribution in [0.3, 0.4) is 0 Å². The van der Waals surface area contributed by atoms with Gasteiger partial charge in [-0.1, -0.05) is 11.6 Å². The van der Waals surface area contributed by atoms with Crippen molar-refractivity contribution in [2.45, 2.75) is 26.1 Å². The third-order valence-electron chi connectivity index (χ3n) is 3.79. The molecule has 2 rings (SSSR count). The van der Waals surface area contributed by atoms with E-state index in [1.807, 2.05) is 0 Å². The number of hydrogen-bond donors (Lipinski definition) is 1. The molecule has 0 spiro atoms. The molecule has 0 aromatic heterocycles. The Labute approximate surface area is 164 Å². The van der Waals surface area contributed by atoms with Crippen molar-refractivity contribution in [3.63, 3.8) is 0 Å². The molecule has 0 radical (unpaired) electrons. The standard InChI is InChI=1S/C19H17ClF3NO4/c1-10(25)12-4-7-16(17(8-12)27-3)28-11(2)18(26)24-15-6-5-13(20)9-14(15)19(21,22)23/h4-9,11H,1-3H3,(H,24,26)/t11-/m1/s1. The number of methoxy groups -OCH3 is 1. The molecule has 5 nitrogen and oxygen atoms in total. The average Bonchev–Trinajstić information content (AvgIpc) is 2.62. The number of carbonyl (C=O) groups is 2. The number of Topliss-reactive ketones (excluding diaryl/α,β-unsaturated/α-hetero) is 1. The lowest BCUT2D eigenvalue weighted by molar-refractivity contribution is -0.137. The van der Waals surface area contributed by atoms with Gasteiger partial charge in [0.2, 0.25) is 0 Å². The van der Waals surface area contributed by atoms with Gasteiger partial charge in [-0.15, -0.1) is 0 Å². The van der Waals surface area contributed by atoms with Crippen molar-refractivity contribution in [1.82, 2.24) is 0 Å². The zero-order chi connectivity index (χ0) is 21.1. The molecule has 0 aliphatic carbocycles. The van der Waals surface area contributed by atoms with Crippen LogP contribution in [0.1, 0.15) is 29.8 Å². The first-order valence-corrected chi connectivity index (χ1v) is 8.44. The average molecular weight is 416 g/mol. The maximum absolute atomic E-state index is 13.1. The summed E-state index contributed by atoms with van der Waals surface area (Å²) in [5.41, 5.74) is -1.11. The highest BCUT2D eigenvalue weighted by Gasteiger charge is 2.34. The van der Waals surface area contributed by atoms with Gasteiger partial charge in [0.05, 0.1) is 18.4 Å². The molecule has 9 heteroatoms. The van der Waals surface area contributed by atoms with Crippen molar-refractivity contribution in [2.24, 2.45) is 0 Å². The van der Waals surface area contributed by atoms with Crippen molar-refractivity contribution >= 4 is 29.0 Å². The fourth-order valence-electron chi connectivity index (χ4n) is 2.32. The predicted molar refractivity (Wildman–Crippen MR) is 98.2 cm³/mol. The van der Waals surface area contributed by atoms with E-state index >= 15 is 0 Å². The van der Waals surface area contributed by atoms with Crippen LogP contribution in [0.5, 0.6) is 11.5 Å². The van der Waals surface area contributed by atoms with Crippen molar-refractivity contribution in [1.29, 1.82) is 0 Å². The first kappa shape index (κ1) is 21.6. The maximum Gasteiger partial charge on any atom is 0.418 e. The van der Waals surface area contributed by atoms with Crippen LogP contribution in [0.25, 0.3) is 0 Å². The van der Waals surface area contributed by atoms with E-state index in [2.05, 4.69) is 5.32 Å². The fraction of sp³-hybridized carbons (Fsp3) is 0.263. The molecule has 0 saturated carbocycles. The van der Waals surface area contributed by atoms with E-state index in [4.69, 9.17) is 21.1 Å². The van der Waals surface area contributed by atoms with Gasteiger partial charge in [0.25, 0.3) is 5.91 Å². The maximum atomic E-state index is 13.1. The number of halogens is 4. The molecule has 2 aromatic carbocycles. The van der Waals surface area contributed by atoms with Crippen molar-refractivity contribution in [3.05, 3.63) is 52.5 Å². The van der Waals surface area contributed by atoms with Crippen molar-refractivity contribution < 1.29 is 32.2 Å². The molecule has 1 amide bonds.